The second-order valence-electron chi connectivity index (χ2n) is 13.7. The molecule has 8 N–H and O–H groups in total. The number of hydrogen-bond donors (Lipinski definition) is 8. The van der Waals surface area contributed by atoms with Gasteiger partial charge in [0.1, 0.15) is 57.8 Å². The van der Waals surface area contributed by atoms with Crippen molar-refractivity contribution in [2.45, 2.75) is 35.7 Å². The molecule has 3 aliphatic rings. The number of phenolic OH excluding ortho intramolecular Hbond substituents is 8. The first-order valence-corrected chi connectivity index (χ1v) is 16.6. The van der Waals surface area contributed by atoms with Crippen molar-refractivity contribution in [1.82, 2.24) is 0 Å². The van der Waals surface area contributed by atoms with Crippen LogP contribution in [0.5, 0.6) is 51.7 Å². The standard InChI is InChI=1S/C42H32O9/c43-23-7-1-19(2-8-23)33-36-29(16-28(48)17-30(36)49)37-34(20-3-9-24(44)10-4-20)38-31(50)18-32-39(41(38)40(33)37)35(22-13-26(46)15-27(47)14-22)42(51-32)21-5-11-25(45)12-6-21/h1-18,33-35,37,40,42-50H/t33-,34+,35+,37-,40-,42-/m0/s1. The van der Waals surface area contributed by atoms with Crippen LogP contribution in [-0.4, -0.2) is 40.9 Å². The molecule has 6 aromatic rings. The zero-order valence-corrected chi connectivity index (χ0v) is 26.8. The highest BCUT2D eigenvalue weighted by atomic mass is 16.5. The fourth-order valence-corrected chi connectivity index (χ4v) is 9.08. The number of aromatic hydroxyl groups is 8. The minimum Gasteiger partial charge on any atom is -0.508 e. The van der Waals surface area contributed by atoms with Gasteiger partial charge >= 0.3 is 0 Å². The lowest BCUT2D eigenvalue weighted by atomic mass is 9.75. The van der Waals surface area contributed by atoms with Gasteiger partial charge in [0.2, 0.25) is 0 Å². The first kappa shape index (κ1) is 30.6. The third kappa shape index (κ3) is 4.61. The van der Waals surface area contributed by atoms with Crippen LogP contribution >= 0.6 is 0 Å². The van der Waals surface area contributed by atoms with Crippen molar-refractivity contribution in [3.05, 3.63) is 159 Å². The number of hydrogen-bond acceptors (Lipinski definition) is 9. The molecule has 9 nitrogen and oxygen atoms in total. The monoisotopic (exact) mass is 680 g/mol. The summed E-state index contributed by atoms with van der Waals surface area (Å²) in [6, 6.07) is 29.1. The maximum Gasteiger partial charge on any atom is 0.135 e. The lowest BCUT2D eigenvalue weighted by Gasteiger charge is -2.26. The number of benzene rings is 6. The Balaban J connectivity index is 1.38. The molecule has 2 aliphatic carbocycles. The highest BCUT2D eigenvalue weighted by Gasteiger charge is 2.57. The molecule has 0 radical (unpaired) electrons. The van der Waals surface area contributed by atoms with Crippen LogP contribution in [0, 0.1) is 0 Å². The van der Waals surface area contributed by atoms with E-state index in [0.717, 1.165) is 22.3 Å². The molecule has 254 valence electrons. The van der Waals surface area contributed by atoms with Crippen molar-refractivity contribution < 1.29 is 45.6 Å². The Labute approximate surface area is 291 Å². The minimum absolute atomic E-state index is 0.0181. The molecule has 0 fully saturated rings. The van der Waals surface area contributed by atoms with Crippen LogP contribution in [-0.2, 0) is 0 Å². The van der Waals surface area contributed by atoms with Crippen LogP contribution in [0.4, 0.5) is 0 Å². The second-order valence-corrected chi connectivity index (χ2v) is 13.7. The summed E-state index contributed by atoms with van der Waals surface area (Å²) in [5.74, 6) is -2.43. The zero-order valence-electron chi connectivity index (χ0n) is 26.8. The molecule has 6 aromatic carbocycles. The van der Waals surface area contributed by atoms with Gasteiger partial charge in [0.25, 0.3) is 0 Å². The molecule has 0 saturated carbocycles. The summed E-state index contributed by atoms with van der Waals surface area (Å²) in [5, 5.41) is 86.6. The van der Waals surface area contributed by atoms with E-state index in [1.54, 1.807) is 97.1 Å². The quantitative estimate of drug-likeness (QED) is 0.0927. The van der Waals surface area contributed by atoms with Crippen LogP contribution in [0.3, 0.4) is 0 Å². The maximum atomic E-state index is 12.1. The number of fused-ring (bicyclic) bond motifs is 7. The van der Waals surface area contributed by atoms with Gasteiger partial charge < -0.3 is 45.6 Å². The van der Waals surface area contributed by atoms with Gasteiger partial charge in [0.05, 0.1) is 5.92 Å². The molecule has 6 atom stereocenters. The van der Waals surface area contributed by atoms with E-state index in [9.17, 15) is 40.9 Å². The van der Waals surface area contributed by atoms with E-state index in [4.69, 9.17) is 4.74 Å². The maximum absolute atomic E-state index is 12.1. The summed E-state index contributed by atoms with van der Waals surface area (Å²) in [6.07, 6.45) is -0.702. The second kappa shape index (κ2) is 11.0. The molecule has 9 rings (SSSR count). The normalized spacial score (nSPS) is 22.5. The molecule has 0 saturated heterocycles. The molecule has 9 heteroatoms. The topological polar surface area (TPSA) is 171 Å². The molecule has 1 aliphatic heterocycles. The van der Waals surface area contributed by atoms with Crippen LogP contribution in [0.2, 0.25) is 0 Å². The van der Waals surface area contributed by atoms with Gasteiger partial charge in [-0.2, -0.15) is 0 Å². The van der Waals surface area contributed by atoms with Crippen LogP contribution in [0.15, 0.2) is 109 Å². The summed E-state index contributed by atoms with van der Waals surface area (Å²) in [7, 11) is 0. The van der Waals surface area contributed by atoms with Crippen molar-refractivity contribution in [1.29, 1.82) is 0 Å². The highest BCUT2D eigenvalue weighted by molar-refractivity contribution is 5.72. The average Bonchev–Trinajstić information content (AvgIpc) is 3.74. The number of ether oxygens (including phenoxy) is 1. The Morgan fingerprint density at radius 2 is 0.843 bits per heavy atom. The lowest BCUT2D eigenvalue weighted by Crippen LogP contribution is -2.14. The SMILES string of the molecule is Oc1ccc([C@H]2c3c(O)cc4c(c3[C@H]3[C@@H](c5ccc(O)cc5)c5c(O)cc(O)cc5[C@@H]23)[C@@H](c2cc(O)cc(O)c2)[C@H](c2ccc(O)cc2)O4)cc1. The van der Waals surface area contributed by atoms with E-state index in [0.29, 0.717) is 33.6 Å². The third-order valence-corrected chi connectivity index (χ3v) is 10.9. The van der Waals surface area contributed by atoms with E-state index in [1.165, 1.54) is 12.1 Å². The summed E-state index contributed by atoms with van der Waals surface area (Å²) in [6.45, 7) is 0. The predicted molar refractivity (Wildman–Crippen MR) is 186 cm³/mol. The first-order valence-electron chi connectivity index (χ1n) is 16.6. The fraction of sp³-hybridized carbons (Fsp3) is 0.143. The molecular weight excluding hydrogens is 648 g/mol. The molecule has 0 bridgehead atoms. The van der Waals surface area contributed by atoms with Crippen molar-refractivity contribution in [3.63, 3.8) is 0 Å². The highest BCUT2D eigenvalue weighted by Crippen LogP contribution is 2.72. The van der Waals surface area contributed by atoms with E-state index in [2.05, 4.69) is 0 Å². The molecule has 0 unspecified atom stereocenters. The summed E-state index contributed by atoms with van der Waals surface area (Å²) in [5.41, 5.74) is 6.25. The van der Waals surface area contributed by atoms with Gasteiger partial charge in [-0.3, -0.25) is 0 Å². The summed E-state index contributed by atoms with van der Waals surface area (Å²) in [4.78, 5) is 0. The van der Waals surface area contributed by atoms with Gasteiger partial charge in [0.15, 0.2) is 0 Å². The van der Waals surface area contributed by atoms with E-state index in [-0.39, 0.29) is 46.0 Å². The largest absolute Gasteiger partial charge is 0.508 e. The summed E-state index contributed by atoms with van der Waals surface area (Å²) < 4.78 is 6.71. The predicted octanol–water partition coefficient (Wildman–Crippen LogP) is 7.76. The Morgan fingerprint density at radius 3 is 1.41 bits per heavy atom. The van der Waals surface area contributed by atoms with Crippen LogP contribution < -0.4 is 4.74 Å². The molecule has 1 heterocycles. The van der Waals surface area contributed by atoms with Crippen LogP contribution in [0.25, 0.3) is 0 Å². The van der Waals surface area contributed by atoms with Crippen molar-refractivity contribution in [3.8, 4) is 51.7 Å². The molecule has 0 spiro atoms. The van der Waals surface area contributed by atoms with Gasteiger partial charge in [0, 0.05) is 58.6 Å². The number of rotatable bonds is 4. The van der Waals surface area contributed by atoms with Crippen molar-refractivity contribution in [2.24, 2.45) is 0 Å². The molecule has 51 heavy (non-hydrogen) atoms. The van der Waals surface area contributed by atoms with Crippen molar-refractivity contribution in [2.75, 3.05) is 0 Å². The Morgan fingerprint density at radius 1 is 0.353 bits per heavy atom. The van der Waals surface area contributed by atoms with E-state index >= 15 is 0 Å². The Kier molecular flexibility index (Phi) is 6.60. The zero-order chi connectivity index (χ0) is 35.3. The number of phenols is 8. The van der Waals surface area contributed by atoms with Gasteiger partial charge in [-0.05, 0) is 88.0 Å². The fourth-order valence-electron chi connectivity index (χ4n) is 9.08. The molecule has 0 amide bonds. The first-order chi connectivity index (χ1) is 24.6. The summed E-state index contributed by atoms with van der Waals surface area (Å²) >= 11 is 0. The van der Waals surface area contributed by atoms with E-state index in [1.807, 2.05) is 0 Å². The van der Waals surface area contributed by atoms with Gasteiger partial charge in [-0.15, -0.1) is 0 Å². The smallest absolute Gasteiger partial charge is 0.135 e. The minimum atomic E-state index is -0.702. The third-order valence-electron chi connectivity index (χ3n) is 10.9. The van der Waals surface area contributed by atoms with E-state index < -0.39 is 35.7 Å². The van der Waals surface area contributed by atoms with Gasteiger partial charge in [-0.25, -0.2) is 0 Å². The molecule has 0 aromatic heterocycles. The van der Waals surface area contributed by atoms with Gasteiger partial charge in [-0.1, -0.05) is 36.4 Å². The lowest BCUT2D eigenvalue weighted by molar-refractivity contribution is 0.221. The van der Waals surface area contributed by atoms with Crippen molar-refractivity contribution >= 4 is 0 Å². The van der Waals surface area contributed by atoms with Crippen LogP contribution in [0.1, 0.15) is 85.8 Å². The molecular formula is C42H32O9. The Hall–Kier alpha value is -6.48. The Bertz CT molecular complexity index is 2330. The average molecular weight is 681 g/mol.